The van der Waals surface area contributed by atoms with Gasteiger partial charge in [0.25, 0.3) is 0 Å². The Hall–Kier alpha value is -0.850. The molecule has 1 atom stereocenters. The lowest BCUT2D eigenvalue weighted by atomic mass is 10.2. The molecule has 1 aromatic heterocycles. The fraction of sp³-hybridized carbons (Fsp3) is 0.167. The van der Waals surface area contributed by atoms with Crippen LogP contribution in [0.1, 0.15) is 6.92 Å². The maximum atomic E-state index is 10.9. The summed E-state index contributed by atoms with van der Waals surface area (Å²) in [5.74, 6) is -0.694. The monoisotopic (exact) mass is 407 g/mol. The Kier molecular flexibility index (Phi) is 4.32. The van der Waals surface area contributed by atoms with Crippen LogP contribution in [0.15, 0.2) is 27.1 Å². The predicted octanol–water partition coefficient (Wildman–Crippen LogP) is 4.27. The van der Waals surface area contributed by atoms with Crippen molar-refractivity contribution < 1.29 is 14.6 Å². The minimum atomic E-state index is -1.05. The summed E-state index contributed by atoms with van der Waals surface area (Å²) < 4.78 is 6.86. The van der Waals surface area contributed by atoms with Crippen LogP contribution >= 0.6 is 43.5 Å². The number of nitrogens with zero attached hydrogens (tertiary/aromatic N) is 1. The fourth-order valence-corrected chi connectivity index (χ4v) is 3.02. The molecule has 0 aliphatic heterocycles. The molecule has 0 bridgehead atoms. The van der Waals surface area contributed by atoms with Gasteiger partial charge < -0.3 is 9.84 Å². The van der Waals surface area contributed by atoms with E-state index in [-0.39, 0.29) is 0 Å². The Morgan fingerprint density at radius 2 is 2.11 bits per heavy atom. The van der Waals surface area contributed by atoms with Crippen LogP contribution in [0, 0.1) is 0 Å². The van der Waals surface area contributed by atoms with Gasteiger partial charge in [-0.05, 0) is 41.1 Å². The highest BCUT2D eigenvalue weighted by atomic mass is 79.9. The molecule has 0 amide bonds. The predicted molar refractivity (Wildman–Crippen MR) is 79.9 cm³/mol. The first-order valence-corrected chi connectivity index (χ1v) is 7.20. The minimum Gasteiger partial charge on any atom is -0.479 e. The van der Waals surface area contributed by atoms with Gasteiger partial charge in [-0.3, -0.25) is 0 Å². The van der Waals surface area contributed by atoms with Crippen LogP contribution in [0.2, 0.25) is 5.15 Å². The second-order valence-corrected chi connectivity index (χ2v) is 5.89. The van der Waals surface area contributed by atoms with Gasteiger partial charge in [-0.15, -0.1) is 0 Å². The molecular formula is C12H8Br2ClNO3. The van der Waals surface area contributed by atoms with Gasteiger partial charge in [0.2, 0.25) is 0 Å². The Morgan fingerprint density at radius 3 is 2.74 bits per heavy atom. The molecule has 2 rings (SSSR count). The number of carboxylic acid groups (broad SMARTS) is 1. The van der Waals surface area contributed by atoms with E-state index in [1.807, 2.05) is 0 Å². The number of aromatic nitrogens is 1. The topological polar surface area (TPSA) is 59.4 Å². The molecule has 1 unspecified atom stereocenters. The zero-order valence-electron chi connectivity index (χ0n) is 9.65. The van der Waals surface area contributed by atoms with Crippen LogP contribution in [-0.2, 0) is 4.79 Å². The highest BCUT2D eigenvalue weighted by molar-refractivity contribution is 9.11. The maximum Gasteiger partial charge on any atom is 0.344 e. The molecule has 4 nitrogen and oxygen atoms in total. The number of hydrogen-bond donors (Lipinski definition) is 1. The molecule has 0 aliphatic rings. The lowest BCUT2D eigenvalue weighted by Gasteiger charge is -2.15. The molecule has 2 aromatic rings. The third-order valence-corrected chi connectivity index (χ3v) is 3.90. The summed E-state index contributed by atoms with van der Waals surface area (Å²) in [6.07, 6.45) is -0.985. The van der Waals surface area contributed by atoms with E-state index in [4.69, 9.17) is 21.4 Å². The number of aliphatic carboxylic acids is 1. The smallest absolute Gasteiger partial charge is 0.344 e. The van der Waals surface area contributed by atoms with Crippen LogP contribution < -0.4 is 4.74 Å². The van der Waals surface area contributed by atoms with Crippen molar-refractivity contribution in [1.82, 2.24) is 4.98 Å². The quantitative estimate of drug-likeness (QED) is 0.770. The third kappa shape index (κ3) is 3.01. The van der Waals surface area contributed by atoms with Crippen LogP contribution in [0.4, 0.5) is 0 Å². The van der Waals surface area contributed by atoms with E-state index in [1.165, 1.54) is 6.92 Å². The Morgan fingerprint density at radius 1 is 1.42 bits per heavy atom. The van der Waals surface area contributed by atoms with Crippen molar-refractivity contribution >= 4 is 60.3 Å². The van der Waals surface area contributed by atoms with Gasteiger partial charge in [-0.25, -0.2) is 9.78 Å². The molecule has 0 saturated carbocycles. The second kappa shape index (κ2) is 5.64. The summed E-state index contributed by atoms with van der Waals surface area (Å²) in [4.78, 5) is 15.1. The van der Waals surface area contributed by atoms with Gasteiger partial charge in [0.15, 0.2) is 11.9 Å². The molecule has 0 spiro atoms. The first-order valence-electron chi connectivity index (χ1n) is 5.24. The lowest BCUT2D eigenvalue weighted by molar-refractivity contribution is -0.144. The highest BCUT2D eigenvalue weighted by Gasteiger charge is 2.19. The van der Waals surface area contributed by atoms with Crippen LogP contribution in [0.25, 0.3) is 10.9 Å². The van der Waals surface area contributed by atoms with Gasteiger partial charge in [0, 0.05) is 9.86 Å². The normalized spacial score (nSPS) is 12.4. The molecule has 7 heteroatoms. The van der Waals surface area contributed by atoms with Crippen LogP contribution in [-0.4, -0.2) is 22.2 Å². The van der Waals surface area contributed by atoms with Crippen LogP contribution in [0.3, 0.4) is 0 Å². The summed E-state index contributed by atoms with van der Waals surface area (Å²) in [5.41, 5.74) is 0.502. The molecule has 0 saturated heterocycles. The minimum absolute atomic E-state index is 0.310. The van der Waals surface area contributed by atoms with E-state index < -0.39 is 12.1 Å². The van der Waals surface area contributed by atoms with E-state index in [1.54, 1.807) is 18.2 Å². The summed E-state index contributed by atoms with van der Waals surface area (Å²) in [6.45, 7) is 1.45. The van der Waals surface area contributed by atoms with Gasteiger partial charge >= 0.3 is 5.97 Å². The lowest BCUT2D eigenvalue weighted by Crippen LogP contribution is -2.23. The molecule has 0 radical (unpaired) electrons. The van der Waals surface area contributed by atoms with E-state index in [9.17, 15) is 4.79 Å². The molecule has 1 N–H and O–H groups in total. The number of halogens is 3. The molecule has 0 fully saturated rings. The highest BCUT2D eigenvalue weighted by Crippen LogP contribution is 2.38. The zero-order chi connectivity index (χ0) is 14.2. The van der Waals surface area contributed by atoms with Gasteiger partial charge in [-0.2, -0.15) is 0 Å². The summed E-state index contributed by atoms with van der Waals surface area (Å²) >= 11 is 12.6. The van der Waals surface area contributed by atoms with Gasteiger partial charge in [0.1, 0.15) is 10.7 Å². The van der Waals surface area contributed by atoms with E-state index >= 15 is 0 Å². The number of pyridine rings is 1. The molecule has 0 aliphatic carbocycles. The van der Waals surface area contributed by atoms with E-state index in [0.29, 0.717) is 20.9 Å². The van der Waals surface area contributed by atoms with Gasteiger partial charge in [-0.1, -0.05) is 27.5 Å². The molecule has 1 heterocycles. The van der Waals surface area contributed by atoms with Crippen molar-refractivity contribution in [2.75, 3.05) is 0 Å². The average molecular weight is 409 g/mol. The Balaban J connectivity index is 2.64. The number of benzene rings is 1. The van der Waals surface area contributed by atoms with Gasteiger partial charge in [0.05, 0.1) is 4.47 Å². The molecular weight excluding hydrogens is 401 g/mol. The van der Waals surface area contributed by atoms with E-state index in [2.05, 4.69) is 36.8 Å². The Labute approximate surface area is 131 Å². The summed E-state index contributed by atoms with van der Waals surface area (Å²) in [7, 11) is 0. The number of carboxylic acids is 1. The van der Waals surface area contributed by atoms with Crippen molar-refractivity contribution in [2.45, 2.75) is 13.0 Å². The molecule has 1 aromatic carbocycles. The SMILES string of the molecule is CC(Oc1c(Br)cc(Br)c2ccc(Cl)nc12)C(=O)O. The number of fused-ring (bicyclic) bond motifs is 1. The zero-order valence-corrected chi connectivity index (χ0v) is 13.6. The third-order valence-electron chi connectivity index (χ3n) is 2.45. The second-order valence-electron chi connectivity index (χ2n) is 3.80. The number of ether oxygens (including phenoxy) is 1. The van der Waals surface area contributed by atoms with Crippen molar-refractivity contribution in [3.05, 3.63) is 32.3 Å². The standard InChI is InChI=1S/C12H8Br2ClNO3/c1-5(12(17)18)19-11-8(14)4-7(13)6-2-3-9(15)16-10(6)11/h2-5H,1H3,(H,17,18). The number of hydrogen-bond acceptors (Lipinski definition) is 3. The van der Waals surface area contributed by atoms with Crippen molar-refractivity contribution in [1.29, 1.82) is 0 Å². The van der Waals surface area contributed by atoms with Crippen molar-refractivity contribution in [3.8, 4) is 5.75 Å². The average Bonchev–Trinajstić information content (AvgIpc) is 2.33. The van der Waals surface area contributed by atoms with Crippen molar-refractivity contribution in [3.63, 3.8) is 0 Å². The molecule has 19 heavy (non-hydrogen) atoms. The van der Waals surface area contributed by atoms with E-state index in [0.717, 1.165) is 9.86 Å². The Bertz CT molecular complexity index is 663. The molecule has 100 valence electrons. The first-order chi connectivity index (χ1) is 8.90. The van der Waals surface area contributed by atoms with Crippen LogP contribution in [0.5, 0.6) is 5.75 Å². The summed E-state index contributed by atoms with van der Waals surface area (Å²) in [5, 5.41) is 10.0. The number of rotatable bonds is 3. The van der Waals surface area contributed by atoms with Crippen molar-refractivity contribution in [2.24, 2.45) is 0 Å². The fourth-order valence-electron chi connectivity index (χ4n) is 1.51. The first kappa shape index (κ1) is 14.6. The number of carbonyl (C=O) groups is 1. The largest absolute Gasteiger partial charge is 0.479 e. The maximum absolute atomic E-state index is 10.9. The summed E-state index contributed by atoms with van der Waals surface area (Å²) in [6, 6.07) is 5.23.